The van der Waals surface area contributed by atoms with Gasteiger partial charge in [0.1, 0.15) is 19.0 Å². The van der Waals surface area contributed by atoms with Gasteiger partial charge in [0.05, 0.1) is 6.20 Å². The molecule has 0 radical (unpaired) electrons. The fraction of sp³-hybridized carbons (Fsp3) is 0.444. The number of pyridine rings is 1. The van der Waals surface area contributed by atoms with Crippen molar-refractivity contribution in [2.24, 2.45) is 0 Å². The first-order valence-electron chi connectivity index (χ1n) is 4.27. The molecule has 0 atom stereocenters. The molecule has 0 saturated heterocycles. The van der Waals surface area contributed by atoms with E-state index >= 15 is 0 Å². The number of hydrogen-bond acceptors (Lipinski definition) is 3. The maximum Gasteiger partial charge on any atom is 0.257 e. The Morgan fingerprint density at radius 1 is 1.31 bits per heavy atom. The van der Waals surface area contributed by atoms with Gasteiger partial charge >= 0.3 is 0 Å². The van der Waals surface area contributed by atoms with Gasteiger partial charge in [-0.3, -0.25) is 0 Å². The normalized spacial score (nSPS) is 12.8. The standard InChI is InChI=1S/C7H6FNO2.C2H6/c8-5-3-6-7(9-4-5)11-2-1-10-6;1-2/h3-4H,1-2H2;1-2H3. The van der Waals surface area contributed by atoms with E-state index in [0.717, 1.165) is 6.20 Å². The minimum Gasteiger partial charge on any atom is -0.484 e. The molecule has 0 fully saturated rings. The summed E-state index contributed by atoms with van der Waals surface area (Å²) >= 11 is 0. The average Bonchev–Trinajstić information content (AvgIpc) is 2.21. The van der Waals surface area contributed by atoms with Gasteiger partial charge in [0.25, 0.3) is 5.88 Å². The Bertz CT molecular complexity index is 278. The highest BCUT2D eigenvalue weighted by Gasteiger charge is 2.12. The van der Waals surface area contributed by atoms with Crippen molar-refractivity contribution in [1.82, 2.24) is 4.98 Å². The quantitative estimate of drug-likeness (QED) is 0.619. The van der Waals surface area contributed by atoms with Gasteiger partial charge in [-0.15, -0.1) is 0 Å². The number of aromatic nitrogens is 1. The van der Waals surface area contributed by atoms with Crippen LogP contribution in [0.3, 0.4) is 0 Å². The van der Waals surface area contributed by atoms with Gasteiger partial charge in [-0.1, -0.05) is 13.8 Å². The Balaban J connectivity index is 0.000000396. The van der Waals surface area contributed by atoms with Crippen LogP contribution in [-0.4, -0.2) is 18.2 Å². The molecule has 1 aromatic rings. The lowest BCUT2D eigenvalue weighted by Crippen LogP contribution is -2.16. The van der Waals surface area contributed by atoms with E-state index < -0.39 is 5.82 Å². The molecule has 4 heteroatoms. The Kier molecular flexibility index (Phi) is 3.49. The van der Waals surface area contributed by atoms with Crippen molar-refractivity contribution < 1.29 is 13.9 Å². The van der Waals surface area contributed by atoms with Crippen molar-refractivity contribution in [3.05, 3.63) is 18.1 Å². The SMILES string of the molecule is CC.Fc1cnc2c(c1)OCCO2. The third kappa shape index (κ3) is 2.31. The summed E-state index contributed by atoms with van der Waals surface area (Å²) in [5, 5.41) is 0. The molecule has 1 aliphatic heterocycles. The molecule has 72 valence electrons. The van der Waals surface area contributed by atoms with Crippen LogP contribution in [0.5, 0.6) is 11.6 Å². The fourth-order valence-electron chi connectivity index (χ4n) is 0.910. The van der Waals surface area contributed by atoms with Crippen LogP contribution < -0.4 is 9.47 Å². The van der Waals surface area contributed by atoms with Gasteiger partial charge < -0.3 is 9.47 Å². The molecule has 0 aromatic carbocycles. The van der Waals surface area contributed by atoms with Gasteiger partial charge in [-0.05, 0) is 0 Å². The lowest BCUT2D eigenvalue weighted by atomic mass is 10.4. The van der Waals surface area contributed by atoms with Crippen molar-refractivity contribution in [2.75, 3.05) is 13.2 Å². The van der Waals surface area contributed by atoms with E-state index in [1.165, 1.54) is 6.07 Å². The van der Waals surface area contributed by atoms with Crippen LogP contribution in [0.4, 0.5) is 4.39 Å². The van der Waals surface area contributed by atoms with Crippen molar-refractivity contribution in [3.63, 3.8) is 0 Å². The van der Waals surface area contributed by atoms with E-state index in [-0.39, 0.29) is 0 Å². The predicted molar refractivity (Wildman–Crippen MR) is 46.5 cm³/mol. The van der Waals surface area contributed by atoms with E-state index in [1.54, 1.807) is 0 Å². The van der Waals surface area contributed by atoms with Gasteiger partial charge in [0.15, 0.2) is 5.75 Å². The van der Waals surface area contributed by atoms with Crippen LogP contribution in [0, 0.1) is 5.82 Å². The molecule has 0 bridgehead atoms. The minimum atomic E-state index is -0.408. The van der Waals surface area contributed by atoms with Gasteiger partial charge in [0, 0.05) is 6.07 Å². The molecule has 0 N–H and O–H groups in total. The molecule has 0 amide bonds. The van der Waals surface area contributed by atoms with Crippen LogP contribution in [0.2, 0.25) is 0 Å². The minimum absolute atomic E-state index is 0.373. The zero-order valence-electron chi connectivity index (χ0n) is 7.71. The second-order valence-electron chi connectivity index (χ2n) is 2.15. The Labute approximate surface area is 76.5 Å². The van der Waals surface area contributed by atoms with E-state index in [4.69, 9.17) is 9.47 Å². The molecular weight excluding hydrogens is 173 g/mol. The summed E-state index contributed by atoms with van der Waals surface area (Å²) in [4.78, 5) is 3.70. The van der Waals surface area contributed by atoms with Gasteiger partial charge in [-0.25, -0.2) is 9.37 Å². The largest absolute Gasteiger partial charge is 0.484 e. The van der Waals surface area contributed by atoms with E-state index in [2.05, 4.69) is 4.98 Å². The third-order valence-corrected chi connectivity index (χ3v) is 1.36. The average molecular weight is 185 g/mol. The van der Waals surface area contributed by atoms with E-state index in [9.17, 15) is 4.39 Å². The van der Waals surface area contributed by atoms with Crippen LogP contribution in [-0.2, 0) is 0 Å². The zero-order valence-corrected chi connectivity index (χ0v) is 7.71. The number of hydrogen-bond donors (Lipinski definition) is 0. The molecule has 0 aliphatic carbocycles. The van der Waals surface area contributed by atoms with Crippen LogP contribution in [0.15, 0.2) is 12.3 Å². The molecule has 3 nitrogen and oxygen atoms in total. The Morgan fingerprint density at radius 3 is 2.77 bits per heavy atom. The lowest BCUT2D eigenvalue weighted by Gasteiger charge is -2.16. The lowest BCUT2D eigenvalue weighted by molar-refractivity contribution is 0.163. The van der Waals surface area contributed by atoms with Crippen molar-refractivity contribution in [2.45, 2.75) is 13.8 Å². The molecule has 0 saturated carbocycles. The van der Waals surface area contributed by atoms with Crippen molar-refractivity contribution >= 4 is 0 Å². The molecule has 1 aliphatic rings. The van der Waals surface area contributed by atoms with Gasteiger partial charge in [-0.2, -0.15) is 0 Å². The number of fused-ring (bicyclic) bond motifs is 1. The summed E-state index contributed by atoms with van der Waals surface area (Å²) in [6, 6.07) is 1.27. The highest BCUT2D eigenvalue weighted by atomic mass is 19.1. The molecule has 0 spiro atoms. The first kappa shape index (κ1) is 9.77. The molecule has 0 unspecified atom stereocenters. The van der Waals surface area contributed by atoms with Crippen LogP contribution >= 0.6 is 0 Å². The van der Waals surface area contributed by atoms with E-state index in [1.807, 2.05) is 13.8 Å². The molecule has 2 rings (SSSR count). The van der Waals surface area contributed by atoms with Crippen molar-refractivity contribution in [3.8, 4) is 11.6 Å². The maximum absolute atomic E-state index is 12.5. The maximum atomic E-state index is 12.5. The second kappa shape index (κ2) is 4.64. The molecular formula is C9H12FNO2. The summed E-state index contributed by atoms with van der Waals surface area (Å²) in [5.41, 5.74) is 0. The monoisotopic (exact) mass is 185 g/mol. The Hall–Kier alpha value is -1.32. The number of rotatable bonds is 0. The first-order chi connectivity index (χ1) is 6.36. The molecule has 1 aromatic heterocycles. The third-order valence-electron chi connectivity index (χ3n) is 1.36. The smallest absolute Gasteiger partial charge is 0.257 e. The molecule has 13 heavy (non-hydrogen) atoms. The summed E-state index contributed by atoms with van der Waals surface area (Å²) in [5.74, 6) is 0.350. The highest BCUT2D eigenvalue weighted by Crippen LogP contribution is 2.26. The van der Waals surface area contributed by atoms with Crippen LogP contribution in [0.25, 0.3) is 0 Å². The number of nitrogens with zero attached hydrogens (tertiary/aromatic N) is 1. The van der Waals surface area contributed by atoms with Crippen LogP contribution in [0.1, 0.15) is 13.8 Å². The summed E-state index contributed by atoms with van der Waals surface area (Å²) < 4.78 is 22.6. The number of ether oxygens (including phenoxy) is 2. The first-order valence-corrected chi connectivity index (χ1v) is 4.27. The summed E-state index contributed by atoms with van der Waals surface area (Å²) in [6.45, 7) is 4.93. The fourth-order valence-corrected chi connectivity index (χ4v) is 0.910. The summed E-state index contributed by atoms with van der Waals surface area (Å²) in [6.07, 6.45) is 1.10. The topological polar surface area (TPSA) is 31.4 Å². The predicted octanol–water partition coefficient (Wildman–Crippen LogP) is 2.02. The number of halogens is 1. The highest BCUT2D eigenvalue weighted by molar-refractivity contribution is 5.34. The second-order valence-corrected chi connectivity index (χ2v) is 2.15. The Morgan fingerprint density at radius 2 is 2.00 bits per heavy atom. The van der Waals surface area contributed by atoms with Gasteiger partial charge in [0.2, 0.25) is 0 Å². The van der Waals surface area contributed by atoms with E-state index in [0.29, 0.717) is 24.8 Å². The molecule has 2 heterocycles. The zero-order chi connectivity index (χ0) is 9.68. The van der Waals surface area contributed by atoms with Crippen molar-refractivity contribution in [1.29, 1.82) is 0 Å². The summed E-state index contributed by atoms with van der Waals surface area (Å²) in [7, 11) is 0.